The van der Waals surface area contributed by atoms with E-state index in [0.717, 1.165) is 26.1 Å². The van der Waals surface area contributed by atoms with Crippen molar-refractivity contribution in [3.8, 4) is 0 Å². The maximum absolute atomic E-state index is 13.7. The molecule has 1 unspecified atom stereocenters. The molecule has 1 heterocycles. The highest BCUT2D eigenvalue weighted by atomic mass is 127. The monoisotopic (exact) mass is 540 g/mol. The molecule has 1 saturated heterocycles. The van der Waals surface area contributed by atoms with Crippen molar-refractivity contribution >= 4 is 39.8 Å². The minimum absolute atomic E-state index is 0. The van der Waals surface area contributed by atoms with Gasteiger partial charge in [0.25, 0.3) is 0 Å². The number of hydrogen-bond acceptors (Lipinski definition) is 4. The van der Waals surface area contributed by atoms with E-state index in [4.69, 9.17) is 0 Å². The maximum atomic E-state index is 13.7. The van der Waals surface area contributed by atoms with Crippen LogP contribution in [0.3, 0.4) is 0 Å². The maximum Gasteiger partial charge on any atom is 0.191 e. The van der Waals surface area contributed by atoms with Crippen LogP contribution in [0, 0.1) is 5.82 Å². The molecule has 0 saturated carbocycles. The number of nitrogens with zero attached hydrogens (tertiary/aromatic N) is 2. The molecule has 0 spiro atoms. The largest absolute Gasteiger partial charge is 0.357 e. The van der Waals surface area contributed by atoms with Gasteiger partial charge in [-0.15, -0.1) is 24.0 Å². The van der Waals surface area contributed by atoms with Crippen LogP contribution >= 0.6 is 24.0 Å². The number of benzene rings is 1. The summed E-state index contributed by atoms with van der Waals surface area (Å²) in [6.45, 7) is 8.20. The van der Waals surface area contributed by atoms with E-state index in [9.17, 15) is 12.8 Å². The second kappa shape index (κ2) is 12.7. The summed E-state index contributed by atoms with van der Waals surface area (Å²) >= 11 is 0. The van der Waals surface area contributed by atoms with Gasteiger partial charge in [-0.2, -0.15) is 0 Å². The molecule has 6 nitrogen and oxygen atoms in total. The quantitative estimate of drug-likeness (QED) is 0.287. The second-order valence-electron chi connectivity index (χ2n) is 7.36. The number of rotatable bonds is 9. The number of halogens is 2. The highest BCUT2D eigenvalue weighted by molar-refractivity contribution is 14.0. The Kier molecular flexibility index (Phi) is 11.4. The SMILES string of the molecule is CCNC(=NCc1cc(F)ccc1CS(C)(=O)=O)NCC(CC)N1CCCC1.I. The van der Waals surface area contributed by atoms with Gasteiger partial charge in [0.1, 0.15) is 5.82 Å². The summed E-state index contributed by atoms with van der Waals surface area (Å²) in [5.41, 5.74) is 1.18. The lowest BCUT2D eigenvalue weighted by Gasteiger charge is -2.27. The van der Waals surface area contributed by atoms with Gasteiger partial charge in [-0.3, -0.25) is 4.90 Å². The lowest BCUT2D eigenvalue weighted by molar-refractivity contribution is 0.236. The highest BCUT2D eigenvalue weighted by Crippen LogP contribution is 2.16. The van der Waals surface area contributed by atoms with Crippen LogP contribution in [0.15, 0.2) is 23.2 Å². The molecule has 1 fully saturated rings. The fourth-order valence-electron chi connectivity index (χ4n) is 3.52. The molecule has 166 valence electrons. The average Bonchev–Trinajstić information content (AvgIpc) is 3.15. The second-order valence-corrected chi connectivity index (χ2v) is 9.50. The zero-order valence-electron chi connectivity index (χ0n) is 17.6. The first-order valence-corrected chi connectivity index (χ1v) is 12.1. The summed E-state index contributed by atoms with van der Waals surface area (Å²) in [7, 11) is -3.20. The van der Waals surface area contributed by atoms with Crippen molar-refractivity contribution in [3.05, 3.63) is 35.1 Å². The predicted molar refractivity (Wildman–Crippen MR) is 128 cm³/mol. The van der Waals surface area contributed by atoms with Gasteiger partial charge >= 0.3 is 0 Å². The van der Waals surface area contributed by atoms with Crippen LogP contribution in [0.1, 0.15) is 44.2 Å². The summed E-state index contributed by atoms with van der Waals surface area (Å²) in [6, 6.07) is 4.65. The van der Waals surface area contributed by atoms with Crippen LogP contribution in [0.5, 0.6) is 0 Å². The molecule has 0 bridgehead atoms. The lowest BCUT2D eigenvalue weighted by Crippen LogP contribution is -2.46. The Morgan fingerprint density at radius 2 is 1.90 bits per heavy atom. The molecule has 1 aliphatic rings. The number of sulfone groups is 1. The van der Waals surface area contributed by atoms with Gasteiger partial charge in [0.15, 0.2) is 15.8 Å². The van der Waals surface area contributed by atoms with Crippen molar-refractivity contribution in [2.45, 2.75) is 51.4 Å². The Morgan fingerprint density at radius 1 is 1.21 bits per heavy atom. The van der Waals surface area contributed by atoms with Crippen LogP contribution < -0.4 is 10.6 Å². The smallest absolute Gasteiger partial charge is 0.191 e. The van der Waals surface area contributed by atoms with Crippen molar-refractivity contribution in [1.29, 1.82) is 0 Å². The molecule has 0 amide bonds. The zero-order valence-corrected chi connectivity index (χ0v) is 20.7. The van der Waals surface area contributed by atoms with E-state index in [1.807, 2.05) is 6.92 Å². The first-order valence-electron chi connectivity index (χ1n) is 10.0. The van der Waals surface area contributed by atoms with E-state index in [1.165, 1.54) is 37.3 Å². The zero-order chi connectivity index (χ0) is 20.6. The molecule has 2 rings (SSSR count). The molecule has 1 aliphatic heterocycles. The van der Waals surface area contributed by atoms with Gasteiger partial charge in [0, 0.05) is 25.4 Å². The first kappa shape index (κ1) is 26.1. The molecular formula is C20H34FIN4O2S. The summed E-state index contributed by atoms with van der Waals surface area (Å²) in [6.07, 6.45) is 4.76. The Bertz CT molecular complexity index is 768. The van der Waals surface area contributed by atoms with Gasteiger partial charge in [-0.1, -0.05) is 13.0 Å². The van der Waals surface area contributed by atoms with Gasteiger partial charge in [-0.05, 0) is 62.5 Å². The Labute approximate surface area is 191 Å². The normalized spacial score (nSPS) is 16.3. The van der Waals surface area contributed by atoms with Gasteiger partial charge < -0.3 is 10.6 Å². The number of nitrogens with one attached hydrogen (secondary N) is 2. The number of likely N-dealkylation sites (tertiary alicyclic amines) is 1. The Morgan fingerprint density at radius 3 is 2.48 bits per heavy atom. The Balaban J connectivity index is 0.00000420. The fourth-order valence-corrected chi connectivity index (χ4v) is 4.37. The highest BCUT2D eigenvalue weighted by Gasteiger charge is 2.20. The molecule has 0 aliphatic carbocycles. The number of hydrogen-bond donors (Lipinski definition) is 2. The summed E-state index contributed by atoms with van der Waals surface area (Å²) < 4.78 is 37.0. The van der Waals surface area contributed by atoms with E-state index in [1.54, 1.807) is 0 Å². The molecular weight excluding hydrogens is 506 g/mol. The van der Waals surface area contributed by atoms with Crippen molar-refractivity contribution in [2.75, 3.05) is 32.4 Å². The Hall–Kier alpha value is -0.940. The summed E-state index contributed by atoms with van der Waals surface area (Å²) in [5.74, 6) is 0.157. The van der Waals surface area contributed by atoms with Gasteiger partial charge in [-0.25, -0.2) is 17.8 Å². The number of guanidine groups is 1. The lowest BCUT2D eigenvalue weighted by atomic mass is 10.1. The third kappa shape index (κ3) is 9.17. The standard InChI is InChI=1S/C20H33FN4O2S.HI/c1-4-19(25-10-6-7-11-25)14-24-20(22-5-2)23-13-17-12-18(21)9-8-16(17)15-28(3,26)27;/h8-9,12,19H,4-7,10-11,13-15H2,1-3H3,(H2,22,23,24);1H. The van der Waals surface area contributed by atoms with Crippen LogP contribution in [-0.4, -0.2) is 57.8 Å². The van der Waals surface area contributed by atoms with E-state index >= 15 is 0 Å². The topological polar surface area (TPSA) is 73.8 Å². The minimum atomic E-state index is -3.20. The third-order valence-corrected chi connectivity index (χ3v) is 5.81. The molecule has 29 heavy (non-hydrogen) atoms. The fraction of sp³-hybridized carbons (Fsp3) is 0.650. The number of aliphatic imine (C=N–C) groups is 1. The van der Waals surface area contributed by atoms with E-state index in [2.05, 4.69) is 27.4 Å². The van der Waals surface area contributed by atoms with Crippen LogP contribution in [-0.2, 0) is 22.1 Å². The van der Waals surface area contributed by atoms with E-state index in [-0.39, 0.29) is 42.1 Å². The molecule has 9 heteroatoms. The van der Waals surface area contributed by atoms with Crippen LogP contribution in [0.4, 0.5) is 4.39 Å². The predicted octanol–water partition coefficient (Wildman–Crippen LogP) is 2.92. The summed E-state index contributed by atoms with van der Waals surface area (Å²) in [5, 5.41) is 6.60. The van der Waals surface area contributed by atoms with Crippen LogP contribution in [0.25, 0.3) is 0 Å². The van der Waals surface area contributed by atoms with Gasteiger partial charge in [0.2, 0.25) is 0 Å². The molecule has 0 radical (unpaired) electrons. The van der Waals surface area contributed by atoms with Gasteiger partial charge in [0.05, 0.1) is 12.3 Å². The molecule has 2 N–H and O–H groups in total. The van der Waals surface area contributed by atoms with Crippen molar-refractivity contribution in [1.82, 2.24) is 15.5 Å². The molecule has 1 atom stereocenters. The van der Waals surface area contributed by atoms with Crippen LogP contribution in [0.2, 0.25) is 0 Å². The van der Waals surface area contributed by atoms with E-state index < -0.39 is 9.84 Å². The average molecular weight is 540 g/mol. The van der Waals surface area contributed by atoms with Crippen molar-refractivity contribution in [2.24, 2.45) is 4.99 Å². The molecule has 0 aromatic heterocycles. The third-order valence-electron chi connectivity index (χ3n) is 4.97. The molecule has 1 aromatic rings. The minimum Gasteiger partial charge on any atom is -0.357 e. The van der Waals surface area contributed by atoms with E-state index in [0.29, 0.717) is 29.7 Å². The molecule has 1 aromatic carbocycles. The first-order chi connectivity index (χ1) is 13.3. The van der Waals surface area contributed by atoms with Crippen molar-refractivity contribution in [3.63, 3.8) is 0 Å². The summed E-state index contributed by atoms with van der Waals surface area (Å²) in [4.78, 5) is 7.07. The van der Waals surface area contributed by atoms with Crippen molar-refractivity contribution < 1.29 is 12.8 Å².